The molecule has 0 spiro atoms. The summed E-state index contributed by atoms with van der Waals surface area (Å²) in [6.07, 6.45) is 0. The van der Waals surface area contributed by atoms with Gasteiger partial charge in [-0.1, -0.05) is 12.1 Å². The zero-order chi connectivity index (χ0) is 14.3. The summed E-state index contributed by atoms with van der Waals surface area (Å²) in [5.41, 5.74) is 1.10. The molecule has 0 saturated heterocycles. The summed E-state index contributed by atoms with van der Waals surface area (Å²) >= 11 is 11.8. The highest BCUT2D eigenvalue weighted by Crippen LogP contribution is 2.23. The Balaban J connectivity index is 2.43. The van der Waals surface area contributed by atoms with Crippen LogP contribution in [0.1, 0.15) is 0 Å². The molecule has 0 unspecified atom stereocenters. The number of hydrogen-bond acceptors (Lipinski definition) is 2. The number of para-hydroxylation sites is 1. The molecule has 0 aliphatic rings. The van der Waals surface area contributed by atoms with Crippen molar-refractivity contribution in [3.05, 3.63) is 66.1 Å². The standard InChI is InChI=1S/C14H7BrClIN2O/c15-10-3-1-2-4-12(10)19-13(20)9-7-8(17)5-6-11(9)18-14(19)16/h1-7H. The second-order valence-electron chi connectivity index (χ2n) is 4.13. The molecule has 0 radical (unpaired) electrons. The number of benzene rings is 2. The molecule has 0 amide bonds. The van der Waals surface area contributed by atoms with Crippen LogP contribution in [0.3, 0.4) is 0 Å². The molecule has 100 valence electrons. The minimum atomic E-state index is -0.176. The van der Waals surface area contributed by atoms with Crippen molar-refractivity contribution in [3.63, 3.8) is 0 Å². The molecule has 3 nitrogen and oxygen atoms in total. The zero-order valence-electron chi connectivity index (χ0n) is 9.98. The van der Waals surface area contributed by atoms with Crippen LogP contribution in [0.4, 0.5) is 0 Å². The van der Waals surface area contributed by atoms with E-state index in [2.05, 4.69) is 43.5 Å². The lowest BCUT2D eigenvalue weighted by atomic mass is 10.2. The SMILES string of the molecule is O=c1c2cc(I)ccc2nc(Cl)n1-c1ccccc1Br. The molecule has 6 heteroatoms. The van der Waals surface area contributed by atoms with Crippen molar-refractivity contribution in [1.29, 1.82) is 0 Å². The number of rotatable bonds is 1. The molecule has 3 rings (SSSR count). The Bertz CT molecular complexity index is 879. The van der Waals surface area contributed by atoms with Crippen molar-refractivity contribution < 1.29 is 0 Å². The van der Waals surface area contributed by atoms with E-state index in [-0.39, 0.29) is 10.8 Å². The monoisotopic (exact) mass is 460 g/mol. The van der Waals surface area contributed by atoms with E-state index >= 15 is 0 Å². The number of nitrogens with zero attached hydrogens (tertiary/aromatic N) is 2. The van der Waals surface area contributed by atoms with Gasteiger partial charge in [0.15, 0.2) is 0 Å². The van der Waals surface area contributed by atoms with E-state index in [1.54, 1.807) is 6.07 Å². The average molecular weight is 461 g/mol. The third-order valence-corrected chi connectivity index (χ3v) is 4.48. The van der Waals surface area contributed by atoms with Crippen LogP contribution >= 0.6 is 50.1 Å². The normalized spacial score (nSPS) is 10.9. The van der Waals surface area contributed by atoms with Gasteiger partial charge in [-0.2, -0.15) is 0 Å². The third kappa shape index (κ3) is 2.38. The maximum atomic E-state index is 12.7. The first-order valence-corrected chi connectivity index (χ1v) is 7.95. The Hall–Kier alpha value is -0.920. The highest BCUT2D eigenvalue weighted by atomic mass is 127. The Morgan fingerprint density at radius 2 is 1.95 bits per heavy atom. The van der Waals surface area contributed by atoms with Crippen LogP contribution in [0, 0.1) is 3.57 Å². The Morgan fingerprint density at radius 1 is 1.20 bits per heavy atom. The van der Waals surface area contributed by atoms with Crippen molar-refractivity contribution in [2.75, 3.05) is 0 Å². The predicted octanol–water partition coefficient (Wildman–Crippen LogP) is 4.41. The molecule has 1 aromatic heterocycles. The van der Waals surface area contributed by atoms with Crippen molar-refractivity contribution >= 4 is 61.0 Å². The van der Waals surface area contributed by atoms with E-state index in [1.165, 1.54) is 4.57 Å². The van der Waals surface area contributed by atoms with E-state index in [0.717, 1.165) is 8.04 Å². The quantitative estimate of drug-likeness (QED) is 0.398. The predicted molar refractivity (Wildman–Crippen MR) is 92.8 cm³/mol. The fraction of sp³-hybridized carbons (Fsp3) is 0. The number of aromatic nitrogens is 2. The van der Waals surface area contributed by atoms with Gasteiger partial charge in [-0.15, -0.1) is 0 Å². The average Bonchev–Trinajstić information content (AvgIpc) is 2.42. The minimum Gasteiger partial charge on any atom is -0.268 e. The third-order valence-electron chi connectivity index (χ3n) is 2.88. The van der Waals surface area contributed by atoms with Gasteiger partial charge in [0.1, 0.15) is 0 Å². The van der Waals surface area contributed by atoms with Crippen molar-refractivity contribution in [2.24, 2.45) is 0 Å². The molecule has 0 aliphatic carbocycles. The highest BCUT2D eigenvalue weighted by molar-refractivity contribution is 14.1. The molecule has 0 bridgehead atoms. The first-order valence-electron chi connectivity index (χ1n) is 5.70. The first kappa shape index (κ1) is 14.0. The van der Waals surface area contributed by atoms with Crippen LogP contribution in [0.25, 0.3) is 16.6 Å². The summed E-state index contributed by atoms with van der Waals surface area (Å²) in [5, 5.41) is 0.702. The highest BCUT2D eigenvalue weighted by Gasteiger charge is 2.13. The van der Waals surface area contributed by atoms with Gasteiger partial charge in [-0.25, -0.2) is 9.55 Å². The molecule has 3 aromatic rings. The van der Waals surface area contributed by atoms with E-state index < -0.39 is 0 Å². The summed E-state index contributed by atoms with van der Waals surface area (Å²) in [6, 6.07) is 12.9. The minimum absolute atomic E-state index is 0.149. The molecule has 0 N–H and O–H groups in total. The largest absolute Gasteiger partial charge is 0.268 e. The van der Waals surface area contributed by atoms with Gasteiger partial charge < -0.3 is 0 Å². The molecule has 2 aromatic carbocycles. The van der Waals surface area contributed by atoms with Crippen molar-refractivity contribution in [2.45, 2.75) is 0 Å². The van der Waals surface area contributed by atoms with E-state index in [9.17, 15) is 4.79 Å². The van der Waals surface area contributed by atoms with Crippen LogP contribution in [0.5, 0.6) is 0 Å². The smallest absolute Gasteiger partial charge is 0.266 e. The molecule has 20 heavy (non-hydrogen) atoms. The fourth-order valence-corrected chi connectivity index (χ4v) is 3.18. The van der Waals surface area contributed by atoms with Gasteiger partial charge in [-0.05, 0) is 80.5 Å². The Morgan fingerprint density at radius 3 is 2.70 bits per heavy atom. The lowest BCUT2D eigenvalue weighted by molar-refractivity contribution is 0.959. The second-order valence-corrected chi connectivity index (χ2v) is 6.57. The van der Waals surface area contributed by atoms with Gasteiger partial charge in [-0.3, -0.25) is 4.79 Å². The van der Waals surface area contributed by atoms with E-state index in [0.29, 0.717) is 16.6 Å². The van der Waals surface area contributed by atoms with Crippen LogP contribution in [0.15, 0.2) is 51.7 Å². The topological polar surface area (TPSA) is 34.9 Å². The number of fused-ring (bicyclic) bond motifs is 1. The van der Waals surface area contributed by atoms with Gasteiger partial charge in [0, 0.05) is 8.04 Å². The van der Waals surface area contributed by atoms with Gasteiger partial charge >= 0.3 is 0 Å². The maximum Gasteiger partial charge on any atom is 0.266 e. The summed E-state index contributed by atoms with van der Waals surface area (Å²) in [6.45, 7) is 0. The zero-order valence-corrected chi connectivity index (χ0v) is 14.5. The van der Waals surface area contributed by atoms with Gasteiger partial charge in [0.2, 0.25) is 5.28 Å². The summed E-state index contributed by atoms with van der Waals surface area (Å²) in [4.78, 5) is 17.0. The maximum absolute atomic E-state index is 12.7. The summed E-state index contributed by atoms with van der Waals surface area (Å²) < 4.78 is 3.18. The van der Waals surface area contributed by atoms with Crippen LogP contribution in [0.2, 0.25) is 5.28 Å². The van der Waals surface area contributed by atoms with Crippen LogP contribution < -0.4 is 5.56 Å². The number of hydrogen-bond donors (Lipinski definition) is 0. The van der Waals surface area contributed by atoms with Crippen LogP contribution in [-0.2, 0) is 0 Å². The van der Waals surface area contributed by atoms with Crippen molar-refractivity contribution in [1.82, 2.24) is 9.55 Å². The first-order chi connectivity index (χ1) is 9.58. The van der Waals surface area contributed by atoms with Gasteiger partial charge in [0.25, 0.3) is 5.56 Å². The molecule has 0 fully saturated rings. The lowest BCUT2D eigenvalue weighted by Crippen LogP contribution is -2.21. The molecular weight excluding hydrogens is 454 g/mol. The van der Waals surface area contributed by atoms with Crippen molar-refractivity contribution in [3.8, 4) is 5.69 Å². The van der Waals surface area contributed by atoms with E-state index in [1.807, 2.05) is 36.4 Å². The van der Waals surface area contributed by atoms with Crippen LogP contribution in [-0.4, -0.2) is 9.55 Å². The lowest BCUT2D eigenvalue weighted by Gasteiger charge is -2.11. The van der Waals surface area contributed by atoms with Gasteiger partial charge in [0.05, 0.1) is 16.6 Å². The summed E-state index contributed by atoms with van der Waals surface area (Å²) in [7, 11) is 0. The molecule has 0 atom stereocenters. The Labute approximate surface area is 141 Å². The number of halogens is 3. The van der Waals surface area contributed by atoms with E-state index in [4.69, 9.17) is 11.6 Å². The molecule has 0 saturated carbocycles. The fourth-order valence-electron chi connectivity index (χ4n) is 1.97. The molecule has 1 heterocycles. The molecular formula is C14H7BrClIN2O. The molecule has 0 aliphatic heterocycles. The second kappa shape index (κ2) is 5.46. The summed E-state index contributed by atoms with van der Waals surface area (Å²) in [5.74, 6) is 0. The Kier molecular flexibility index (Phi) is 3.83.